The summed E-state index contributed by atoms with van der Waals surface area (Å²) in [7, 11) is 0. The van der Waals surface area contributed by atoms with Crippen LogP contribution in [0.2, 0.25) is 0 Å². The third-order valence-electron chi connectivity index (χ3n) is 4.15. The van der Waals surface area contributed by atoms with Gasteiger partial charge in [0.05, 0.1) is 12.1 Å². The number of piperidine rings is 1. The molecule has 84 valence electrons. The van der Waals surface area contributed by atoms with Gasteiger partial charge in [0.15, 0.2) is 0 Å². The summed E-state index contributed by atoms with van der Waals surface area (Å²) in [5.41, 5.74) is 0. The molecule has 1 heterocycles. The van der Waals surface area contributed by atoms with Crippen LogP contribution in [-0.4, -0.2) is 23.5 Å². The Hall–Kier alpha value is -0.550. The van der Waals surface area contributed by atoms with Crippen molar-refractivity contribution in [3.63, 3.8) is 0 Å². The van der Waals surface area contributed by atoms with Crippen molar-refractivity contribution in [2.24, 2.45) is 5.92 Å². The van der Waals surface area contributed by atoms with Crippen LogP contribution in [0.25, 0.3) is 0 Å². The third kappa shape index (κ3) is 2.52. The highest BCUT2D eigenvalue weighted by atomic mass is 15.2. The summed E-state index contributed by atoms with van der Waals surface area (Å²) < 4.78 is 0. The fourth-order valence-electron chi connectivity index (χ4n) is 3.10. The van der Waals surface area contributed by atoms with Gasteiger partial charge in [0.25, 0.3) is 0 Å². The fourth-order valence-corrected chi connectivity index (χ4v) is 3.10. The molecule has 0 spiro atoms. The van der Waals surface area contributed by atoms with E-state index < -0.39 is 0 Å². The lowest BCUT2D eigenvalue weighted by Gasteiger charge is -2.41. The topological polar surface area (TPSA) is 27.0 Å². The highest BCUT2D eigenvalue weighted by Crippen LogP contribution is 2.30. The van der Waals surface area contributed by atoms with E-state index in [1.807, 2.05) is 0 Å². The van der Waals surface area contributed by atoms with Crippen molar-refractivity contribution in [3.05, 3.63) is 0 Å². The van der Waals surface area contributed by atoms with Crippen LogP contribution < -0.4 is 0 Å². The Bertz CT molecular complexity index is 235. The SMILES string of the molecule is CC1CCC(N2CCCCC2C#N)CC1. The standard InChI is InChI=1S/C13H22N2/c1-11-5-7-12(8-6-11)15-9-3-2-4-13(15)10-14/h11-13H,2-9H2,1H3. The molecule has 2 fully saturated rings. The summed E-state index contributed by atoms with van der Waals surface area (Å²) in [5.74, 6) is 0.909. The summed E-state index contributed by atoms with van der Waals surface area (Å²) in [6.45, 7) is 3.52. The summed E-state index contributed by atoms with van der Waals surface area (Å²) in [4.78, 5) is 2.50. The van der Waals surface area contributed by atoms with Crippen molar-refractivity contribution in [1.29, 1.82) is 5.26 Å². The highest BCUT2D eigenvalue weighted by Gasteiger charge is 2.30. The van der Waals surface area contributed by atoms with Gasteiger partial charge in [-0.3, -0.25) is 4.90 Å². The largest absolute Gasteiger partial charge is 0.285 e. The predicted molar refractivity (Wildman–Crippen MR) is 61.4 cm³/mol. The lowest BCUT2D eigenvalue weighted by atomic mass is 9.85. The molecule has 1 saturated heterocycles. The molecule has 1 unspecified atom stereocenters. The van der Waals surface area contributed by atoms with E-state index in [-0.39, 0.29) is 6.04 Å². The second-order valence-corrected chi connectivity index (χ2v) is 5.29. The molecule has 2 aliphatic rings. The van der Waals surface area contributed by atoms with Gasteiger partial charge in [-0.05, 0) is 57.4 Å². The van der Waals surface area contributed by atoms with E-state index >= 15 is 0 Å². The lowest BCUT2D eigenvalue weighted by molar-refractivity contribution is 0.0888. The van der Waals surface area contributed by atoms with Crippen molar-refractivity contribution >= 4 is 0 Å². The van der Waals surface area contributed by atoms with Crippen LogP contribution in [0.3, 0.4) is 0 Å². The van der Waals surface area contributed by atoms with Gasteiger partial charge >= 0.3 is 0 Å². The monoisotopic (exact) mass is 206 g/mol. The van der Waals surface area contributed by atoms with E-state index in [9.17, 15) is 0 Å². The first kappa shape index (κ1) is 11.0. The summed E-state index contributed by atoms with van der Waals surface area (Å²) in [5, 5.41) is 9.15. The first-order chi connectivity index (χ1) is 7.31. The maximum Gasteiger partial charge on any atom is 0.0980 e. The normalized spacial score (nSPS) is 38.5. The molecule has 2 rings (SSSR count). The first-order valence-electron chi connectivity index (χ1n) is 6.46. The van der Waals surface area contributed by atoms with Gasteiger partial charge < -0.3 is 0 Å². The van der Waals surface area contributed by atoms with E-state index in [4.69, 9.17) is 5.26 Å². The number of nitrogens with zero attached hydrogens (tertiary/aromatic N) is 2. The van der Waals surface area contributed by atoms with E-state index in [0.717, 1.165) is 18.9 Å². The van der Waals surface area contributed by atoms with Crippen molar-refractivity contribution in [2.45, 2.75) is 64.0 Å². The van der Waals surface area contributed by atoms with Gasteiger partial charge in [-0.25, -0.2) is 0 Å². The number of hydrogen-bond acceptors (Lipinski definition) is 2. The van der Waals surface area contributed by atoms with Crippen molar-refractivity contribution in [2.75, 3.05) is 6.54 Å². The van der Waals surface area contributed by atoms with Gasteiger partial charge in [-0.15, -0.1) is 0 Å². The Labute approximate surface area is 93.3 Å². The molecule has 0 radical (unpaired) electrons. The molecule has 2 nitrogen and oxygen atoms in total. The molecule has 0 aromatic rings. The number of likely N-dealkylation sites (tertiary alicyclic amines) is 1. The number of nitriles is 1. The average molecular weight is 206 g/mol. The molecule has 0 aromatic heterocycles. The van der Waals surface area contributed by atoms with E-state index in [1.165, 1.54) is 38.5 Å². The zero-order valence-electron chi connectivity index (χ0n) is 9.78. The molecule has 0 aromatic carbocycles. The van der Waals surface area contributed by atoms with Crippen LogP contribution in [0.15, 0.2) is 0 Å². The summed E-state index contributed by atoms with van der Waals surface area (Å²) in [6, 6.07) is 3.42. The minimum Gasteiger partial charge on any atom is -0.285 e. The van der Waals surface area contributed by atoms with Gasteiger partial charge in [0, 0.05) is 6.04 Å². The Balaban J connectivity index is 1.93. The Morgan fingerprint density at radius 2 is 1.80 bits per heavy atom. The Kier molecular flexibility index (Phi) is 3.64. The second kappa shape index (κ2) is 4.99. The molecule has 0 amide bonds. The average Bonchev–Trinajstić information content (AvgIpc) is 2.30. The molecule has 1 saturated carbocycles. The van der Waals surface area contributed by atoms with E-state index in [0.29, 0.717) is 6.04 Å². The number of rotatable bonds is 1. The Morgan fingerprint density at radius 3 is 2.47 bits per heavy atom. The zero-order chi connectivity index (χ0) is 10.7. The summed E-state index contributed by atoms with van der Waals surface area (Å²) >= 11 is 0. The predicted octanol–water partition coefficient (Wildman–Crippen LogP) is 2.94. The van der Waals surface area contributed by atoms with Crippen LogP contribution in [0.5, 0.6) is 0 Å². The lowest BCUT2D eigenvalue weighted by Crippen LogP contribution is -2.46. The molecule has 15 heavy (non-hydrogen) atoms. The molecular weight excluding hydrogens is 184 g/mol. The first-order valence-corrected chi connectivity index (χ1v) is 6.46. The minimum atomic E-state index is 0.220. The maximum absolute atomic E-state index is 9.15. The van der Waals surface area contributed by atoms with Crippen LogP contribution in [-0.2, 0) is 0 Å². The van der Waals surface area contributed by atoms with Crippen LogP contribution >= 0.6 is 0 Å². The van der Waals surface area contributed by atoms with Crippen molar-refractivity contribution in [1.82, 2.24) is 4.90 Å². The molecular formula is C13H22N2. The van der Waals surface area contributed by atoms with Crippen LogP contribution in [0.1, 0.15) is 51.9 Å². The quantitative estimate of drug-likeness (QED) is 0.659. The van der Waals surface area contributed by atoms with Gasteiger partial charge in [0.2, 0.25) is 0 Å². The smallest absolute Gasteiger partial charge is 0.0980 e. The van der Waals surface area contributed by atoms with Gasteiger partial charge in [0.1, 0.15) is 0 Å². The fraction of sp³-hybridized carbons (Fsp3) is 0.923. The molecule has 2 heteroatoms. The molecule has 0 N–H and O–H groups in total. The second-order valence-electron chi connectivity index (χ2n) is 5.29. The molecule has 0 bridgehead atoms. The molecule has 1 aliphatic heterocycles. The van der Waals surface area contributed by atoms with Crippen molar-refractivity contribution in [3.8, 4) is 6.07 Å². The Morgan fingerprint density at radius 1 is 1.07 bits per heavy atom. The minimum absolute atomic E-state index is 0.220. The van der Waals surface area contributed by atoms with Crippen molar-refractivity contribution < 1.29 is 0 Å². The van der Waals surface area contributed by atoms with Gasteiger partial charge in [-0.2, -0.15) is 5.26 Å². The van der Waals surface area contributed by atoms with E-state index in [1.54, 1.807) is 0 Å². The van der Waals surface area contributed by atoms with Crippen LogP contribution in [0, 0.1) is 17.2 Å². The van der Waals surface area contributed by atoms with Gasteiger partial charge in [-0.1, -0.05) is 6.92 Å². The summed E-state index contributed by atoms with van der Waals surface area (Å²) in [6.07, 6.45) is 9.00. The highest BCUT2D eigenvalue weighted by molar-refractivity contribution is 4.97. The molecule has 1 aliphatic carbocycles. The molecule has 1 atom stereocenters. The van der Waals surface area contributed by atoms with Crippen LogP contribution in [0.4, 0.5) is 0 Å². The third-order valence-corrected chi connectivity index (χ3v) is 4.15. The number of hydrogen-bond donors (Lipinski definition) is 0. The maximum atomic E-state index is 9.15. The zero-order valence-corrected chi connectivity index (χ0v) is 9.78. The van der Waals surface area contributed by atoms with E-state index in [2.05, 4.69) is 17.9 Å².